The molecule has 0 saturated carbocycles. The minimum atomic E-state index is 0.189. The van der Waals surface area contributed by atoms with E-state index in [0.29, 0.717) is 31.1 Å². The summed E-state index contributed by atoms with van der Waals surface area (Å²) in [6.45, 7) is 4.54. The van der Waals surface area contributed by atoms with Gasteiger partial charge in [0.1, 0.15) is 17.6 Å². The molecule has 2 N–H and O–H groups in total. The lowest BCUT2D eigenvalue weighted by atomic mass is 10.2. The SMILES string of the molecule is N#Cc1cc(N)c(N2CCOCC2)n1C[C@@H]1CCCO1. The van der Waals surface area contributed by atoms with E-state index in [4.69, 9.17) is 15.2 Å². The van der Waals surface area contributed by atoms with Gasteiger partial charge in [0, 0.05) is 19.7 Å². The van der Waals surface area contributed by atoms with Crippen LogP contribution in [-0.4, -0.2) is 43.6 Å². The fourth-order valence-electron chi connectivity index (χ4n) is 2.96. The molecule has 108 valence electrons. The van der Waals surface area contributed by atoms with Crippen molar-refractivity contribution in [1.29, 1.82) is 5.26 Å². The van der Waals surface area contributed by atoms with Gasteiger partial charge in [-0.2, -0.15) is 5.26 Å². The number of nitriles is 1. The smallest absolute Gasteiger partial charge is 0.133 e. The molecule has 0 bridgehead atoms. The van der Waals surface area contributed by atoms with Crippen molar-refractivity contribution in [2.45, 2.75) is 25.5 Å². The summed E-state index contributed by atoms with van der Waals surface area (Å²) in [5.41, 5.74) is 7.41. The van der Waals surface area contributed by atoms with Crippen LogP contribution in [-0.2, 0) is 16.0 Å². The molecule has 0 unspecified atom stereocenters. The summed E-state index contributed by atoms with van der Waals surface area (Å²) in [4.78, 5) is 2.20. The number of nitrogens with two attached hydrogens (primary N) is 1. The average Bonchev–Trinajstić information content (AvgIpc) is 3.08. The van der Waals surface area contributed by atoms with Gasteiger partial charge in [0.25, 0.3) is 0 Å². The predicted molar refractivity (Wildman–Crippen MR) is 75.6 cm³/mol. The molecule has 0 aliphatic carbocycles. The van der Waals surface area contributed by atoms with E-state index in [-0.39, 0.29) is 6.10 Å². The second-order valence-corrected chi connectivity index (χ2v) is 5.27. The second-order valence-electron chi connectivity index (χ2n) is 5.27. The molecule has 1 aromatic heterocycles. The van der Waals surface area contributed by atoms with E-state index >= 15 is 0 Å². The summed E-state index contributed by atoms with van der Waals surface area (Å²) in [6, 6.07) is 4.00. The Morgan fingerprint density at radius 2 is 2.15 bits per heavy atom. The summed E-state index contributed by atoms with van der Waals surface area (Å²) in [7, 11) is 0. The lowest BCUT2D eigenvalue weighted by Crippen LogP contribution is -2.38. The van der Waals surface area contributed by atoms with Crippen molar-refractivity contribution in [3.05, 3.63) is 11.8 Å². The van der Waals surface area contributed by atoms with Crippen molar-refractivity contribution in [3.8, 4) is 6.07 Å². The predicted octanol–water partition coefficient (Wildman–Crippen LogP) is 0.958. The second kappa shape index (κ2) is 5.73. The molecule has 0 radical (unpaired) electrons. The number of nitrogens with zero attached hydrogens (tertiary/aromatic N) is 3. The number of hydrogen-bond acceptors (Lipinski definition) is 5. The van der Waals surface area contributed by atoms with Crippen molar-refractivity contribution < 1.29 is 9.47 Å². The summed E-state index contributed by atoms with van der Waals surface area (Å²) in [6.07, 6.45) is 2.33. The zero-order valence-electron chi connectivity index (χ0n) is 11.5. The molecule has 6 nitrogen and oxygen atoms in total. The first-order valence-corrected chi connectivity index (χ1v) is 7.13. The number of aromatic nitrogens is 1. The van der Waals surface area contributed by atoms with E-state index < -0.39 is 0 Å². The van der Waals surface area contributed by atoms with Gasteiger partial charge in [-0.1, -0.05) is 0 Å². The van der Waals surface area contributed by atoms with E-state index in [0.717, 1.165) is 38.4 Å². The van der Waals surface area contributed by atoms with E-state index in [1.807, 2.05) is 4.57 Å². The highest BCUT2D eigenvalue weighted by molar-refractivity contribution is 5.68. The number of morpholine rings is 1. The summed E-state index contributed by atoms with van der Waals surface area (Å²) < 4.78 is 13.1. The fraction of sp³-hybridized carbons (Fsp3) is 0.643. The number of ether oxygens (including phenoxy) is 2. The highest BCUT2D eigenvalue weighted by Crippen LogP contribution is 2.30. The molecule has 0 amide bonds. The van der Waals surface area contributed by atoms with Crippen LogP contribution < -0.4 is 10.6 Å². The normalized spacial score (nSPS) is 22.9. The topological polar surface area (TPSA) is 76.4 Å². The summed E-state index contributed by atoms with van der Waals surface area (Å²) in [5, 5.41) is 9.32. The van der Waals surface area contributed by atoms with Gasteiger partial charge in [-0.15, -0.1) is 0 Å². The molecule has 1 atom stereocenters. The number of anilines is 2. The molecule has 1 aromatic rings. The number of rotatable bonds is 3. The van der Waals surface area contributed by atoms with Gasteiger partial charge in [-0.05, 0) is 18.9 Å². The van der Waals surface area contributed by atoms with Crippen molar-refractivity contribution in [3.63, 3.8) is 0 Å². The molecule has 2 aliphatic heterocycles. The molecule has 2 aliphatic rings. The monoisotopic (exact) mass is 276 g/mol. The standard InChI is InChI=1S/C14H20N4O2/c15-9-11-8-13(16)14(17-3-6-19-7-4-17)18(11)10-12-2-1-5-20-12/h8,12H,1-7,10,16H2/t12-/m0/s1. The Bertz CT molecular complexity index is 508. The third kappa shape index (κ3) is 2.47. The maximum absolute atomic E-state index is 9.32. The molecular weight excluding hydrogens is 256 g/mol. The van der Waals surface area contributed by atoms with Crippen LogP contribution >= 0.6 is 0 Å². The number of hydrogen-bond donors (Lipinski definition) is 1. The molecule has 3 rings (SSSR count). The molecule has 2 saturated heterocycles. The Morgan fingerprint density at radius 3 is 2.80 bits per heavy atom. The van der Waals surface area contributed by atoms with Crippen LogP contribution in [0.5, 0.6) is 0 Å². The molecule has 6 heteroatoms. The van der Waals surface area contributed by atoms with Crippen molar-refractivity contribution >= 4 is 11.5 Å². The molecule has 2 fully saturated rings. The van der Waals surface area contributed by atoms with E-state index in [1.54, 1.807) is 6.07 Å². The lowest BCUT2D eigenvalue weighted by Gasteiger charge is -2.31. The largest absolute Gasteiger partial charge is 0.396 e. The van der Waals surface area contributed by atoms with Gasteiger partial charge in [0.2, 0.25) is 0 Å². The van der Waals surface area contributed by atoms with Crippen molar-refractivity contribution in [1.82, 2.24) is 4.57 Å². The van der Waals surface area contributed by atoms with Gasteiger partial charge in [0.15, 0.2) is 0 Å². The van der Waals surface area contributed by atoms with E-state index in [1.165, 1.54) is 0 Å². The molecule has 0 spiro atoms. The third-order valence-corrected chi connectivity index (χ3v) is 3.93. The minimum Gasteiger partial charge on any atom is -0.396 e. The van der Waals surface area contributed by atoms with Gasteiger partial charge in [-0.3, -0.25) is 0 Å². The van der Waals surface area contributed by atoms with Crippen molar-refractivity contribution in [2.24, 2.45) is 0 Å². The Hall–Kier alpha value is -1.71. The Kier molecular flexibility index (Phi) is 3.81. The van der Waals surface area contributed by atoms with Gasteiger partial charge in [-0.25, -0.2) is 0 Å². The first-order chi connectivity index (χ1) is 9.79. The minimum absolute atomic E-state index is 0.189. The van der Waals surface area contributed by atoms with Crippen molar-refractivity contribution in [2.75, 3.05) is 43.5 Å². The highest BCUT2D eigenvalue weighted by Gasteiger charge is 2.24. The van der Waals surface area contributed by atoms with Crippen LogP contribution in [0.15, 0.2) is 6.07 Å². The molecule has 3 heterocycles. The van der Waals surface area contributed by atoms with Gasteiger partial charge < -0.3 is 24.7 Å². The lowest BCUT2D eigenvalue weighted by molar-refractivity contribution is 0.0962. The maximum Gasteiger partial charge on any atom is 0.133 e. The van der Waals surface area contributed by atoms with Gasteiger partial charge >= 0.3 is 0 Å². The van der Waals surface area contributed by atoms with Crippen LogP contribution in [0.4, 0.5) is 11.5 Å². The van der Waals surface area contributed by atoms with Crippen LogP contribution in [0.1, 0.15) is 18.5 Å². The molecule has 20 heavy (non-hydrogen) atoms. The van der Waals surface area contributed by atoms with Crippen LogP contribution in [0, 0.1) is 11.3 Å². The van der Waals surface area contributed by atoms with Crippen LogP contribution in [0.2, 0.25) is 0 Å². The molecule has 0 aromatic carbocycles. The Labute approximate surface area is 118 Å². The first kappa shape index (κ1) is 13.3. The van der Waals surface area contributed by atoms with E-state index in [2.05, 4.69) is 11.0 Å². The first-order valence-electron chi connectivity index (χ1n) is 7.13. The van der Waals surface area contributed by atoms with Gasteiger partial charge in [0.05, 0.1) is 31.5 Å². The average molecular weight is 276 g/mol. The third-order valence-electron chi connectivity index (χ3n) is 3.93. The maximum atomic E-state index is 9.32. The van der Waals surface area contributed by atoms with Crippen LogP contribution in [0.25, 0.3) is 0 Å². The molecular formula is C14H20N4O2. The Morgan fingerprint density at radius 1 is 1.35 bits per heavy atom. The van der Waals surface area contributed by atoms with Crippen LogP contribution in [0.3, 0.4) is 0 Å². The number of nitrogen functional groups attached to an aromatic ring is 1. The van der Waals surface area contributed by atoms with E-state index in [9.17, 15) is 5.26 Å². The fourth-order valence-corrected chi connectivity index (χ4v) is 2.96. The highest BCUT2D eigenvalue weighted by atomic mass is 16.5. The Balaban J connectivity index is 1.90. The quantitative estimate of drug-likeness (QED) is 0.889. The summed E-state index contributed by atoms with van der Waals surface area (Å²) >= 11 is 0. The summed E-state index contributed by atoms with van der Waals surface area (Å²) in [5.74, 6) is 0.945. The zero-order chi connectivity index (χ0) is 13.9. The zero-order valence-corrected chi connectivity index (χ0v) is 11.5.